The number of allylic oxidation sites excluding steroid dienone is 1. The second-order valence-corrected chi connectivity index (χ2v) is 9.40. The van der Waals surface area contributed by atoms with Crippen LogP contribution in [-0.4, -0.2) is 25.9 Å². The summed E-state index contributed by atoms with van der Waals surface area (Å²) in [6.07, 6.45) is 3.40. The molecule has 0 unspecified atom stereocenters. The molecule has 3 rings (SSSR count). The maximum Gasteiger partial charge on any atom is 0.233 e. The van der Waals surface area contributed by atoms with Crippen molar-refractivity contribution in [3.05, 3.63) is 66.6 Å². The van der Waals surface area contributed by atoms with E-state index in [0.29, 0.717) is 18.2 Å². The number of hydrogen-bond donors (Lipinski definition) is 1. The van der Waals surface area contributed by atoms with Gasteiger partial charge in [-0.15, -0.1) is 16.8 Å². The number of nitrogens with zero attached hydrogens (tertiary/aromatic N) is 3. The highest BCUT2D eigenvalue weighted by Crippen LogP contribution is 2.29. The van der Waals surface area contributed by atoms with Crippen molar-refractivity contribution in [3.8, 4) is 11.4 Å². The monoisotopic (exact) mass is 424 g/mol. The second-order valence-electron chi connectivity index (χ2n) is 8.09. The van der Waals surface area contributed by atoms with Crippen molar-refractivity contribution < 1.29 is 9.21 Å². The minimum atomic E-state index is -0.330. The predicted molar refractivity (Wildman–Crippen MR) is 120 cm³/mol. The molecular formula is C23H28N4O2S. The van der Waals surface area contributed by atoms with Crippen LogP contribution in [0.4, 0.5) is 0 Å². The van der Waals surface area contributed by atoms with Crippen molar-refractivity contribution >= 4 is 17.7 Å². The third-order valence-corrected chi connectivity index (χ3v) is 5.79. The van der Waals surface area contributed by atoms with Gasteiger partial charge in [-0.1, -0.05) is 62.9 Å². The Labute approximate surface area is 181 Å². The van der Waals surface area contributed by atoms with E-state index in [1.807, 2.05) is 23.6 Å². The SMILES string of the molecule is C=CCn1c(S[C@H](C)C(=O)NCc2ccco2)nnc1-c1ccc(C(C)(C)C)cc1. The number of hydrogen-bond acceptors (Lipinski definition) is 5. The molecule has 2 heterocycles. The summed E-state index contributed by atoms with van der Waals surface area (Å²) in [7, 11) is 0. The van der Waals surface area contributed by atoms with Crippen molar-refractivity contribution in [2.75, 3.05) is 0 Å². The van der Waals surface area contributed by atoms with Crippen LogP contribution in [0.25, 0.3) is 11.4 Å². The van der Waals surface area contributed by atoms with Gasteiger partial charge < -0.3 is 9.73 Å². The van der Waals surface area contributed by atoms with Crippen LogP contribution in [0.5, 0.6) is 0 Å². The van der Waals surface area contributed by atoms with Crippen LogP contribution < -0.4 is 5.32 Å². The zero-order valence-corrected chi connectivity index (χ0v) is 18.7. The summed E-state index contributed by atoms with van der Waals surface area (Å²) in [6.45, 7) is 13.2. The van der Waals surface area contributed by atoms with Crippen LogP contribution in [-0.2, 0) is 23.3 Å². The summed E-state index contributed by atoms with van der Waals surface area (Å²) in [6, 6.07) is 12.0. The van der Waals surface area contributed by atoms with Crippen LogP contribution in [0.3, 0.4) is 0 Å². The van der Waals surface area contributed by atoms with Crippen LogP contribution >= 0.6 is 11.8 Å². The molecule has 6 nitrogen and oxygen atoms in total. The molecule has 0 saturated carbocycles. The Bertz CT molecular complexity index is 985. The van der Waals surface area contributed by atoms with E-state index in [-0.39, 0.29) is 16.6 Å². The van der Waals surface area contributed by atoms with Gasteiger partial charge in [0.2, 0.25) is 5.91 Å². The summed E-state index contributed by atoms with van der Waals surface area (Å²) in [5.74, 6) is 1.40. The lowest BCUT2D eigenvalue weighted by Crippen LogP contribution is -2.30. The van der Waals surface area contributed by atoms with Gasteiger partial charge in [-0.3, -0.25) is 9.36 Å². The first-order chi connectivity index (χ1) is 14.3. The fourth-order valence-corrected chi connectivity index (χ4v) is 3.83. The molecule has 1 N–H and O–H groups in total. The molecule has 0 aliphatic carbocycles. The van der Waals surface area contributed by atoms with Crippen molar-refractivity contribution in [2.24, 2.45) is 0 Å². The minimum absolute atomic E-state index is 0.0827. The molecule has 1 atom stereocenters. The van der Waals surface area contributed by atoms with Gasteiger partial charge in [0.25, 0.3) is 0 Å². The van der Waals surface area contributed by atoms with Crippen molar-refractivity contribution in [2.45, 2.75) is 56.6 Å². The Kier molecular flexibility index (Phi) is 6.82. The lowest BCUT2D eigenvalue weighted by atomic mass is 9.87. The number of thioether (sulfide) groups is 1. The van der Waals surface area contributed by atoms with Crippen LogP contribution in [0.2, 0.25) is 0 Å². The maximum atomic E-state index is 12.5. The first kappa shape index (κ1) is 21.9. The van der Waals surface area contributed by atoms with Crippen LogP contribution in [0.15, 0.2) is 64.9 Å². The second kappa shape index (κ2) is 9.34. The van der Waals surface area contributed by atoms with Gasteiger partial charge in [0.1, 0.15) is 5.76 Å². The zero-order valence-electron chi connectivity index (χ0n) is 17.9. The summed E-state index contributed by atoms with van der Waals surface area (Å²) >= 11 is 1.38. The molecule has 7 heteroatoms. The highest BCUT2D eigenvalue weighted by Gasteiger charge is 2.21. The van der Waals surface area contributed by atoms with E-state index in [2.05, 4.69) is 67.1 Å². The first-order valence-electron chi connectivity index (χ1n) is 9.91. The molecule has 0 aliphatic heterocycles. The van der Waals surface area contributed by atoms with E-state index < -0.39 is 0 Å². The number of benzene rings is 1. The Balaban J connectivity index is 1.75. The van der Waals surface area contributed by atoms with Gasteiger partial charge in [-0.05, 0) is 30.0 Å². The average Bonchev–Trinajstić information content (AvgIpc) is 3.36. The molecular weight excluding hydrogens is 396 g/mol. The summed E-state index contributed by atoms with van der Waals surface area (Å²) in [5.41, 5.74) is 2.34. The quantitative estimate of drug-likeness (QED) is 0.415. The maximum absolute atomic E-state index is 12.5. The van der Waals surface area contributed by atoms with Gasteiger partial charge in [0.05, 0.1) is 18.1 Å². The number of nitrogens with one attached hydrogen (secondary N) is 1. The van der Waals surface area contributed by atoms with E-state index in [4.69, 9.17) is 4.42 Å². The standard InChI is InChI=1S/C23H28N4O2S/c1-6-13-27-20(17-9-11-18(12-10-17)23(3,4)5)25-26-22(27)30-16(2)21(28)24-15-19-8-7-14-29-19/h6-12,14,16H,1,13,15H2,2-5H3,(H,24,28)/t16-/m1/s1. The molecule has 0 aliphatic rings. The van der Waals surface area contributed by atoms with Crippen LogP contribution in [0, 0.1) is 0 Å². The van der Waals surface area contributed by atoms with E-state index in [1.54, 1.807) is 12.3 Å². The molecule has 0 saturated heterocycles. The number of rotatable bonds is 8. The molecule has 0 radical (unpaired) electrons. The van der Waals surface area contributed by atoms with Gasteiger partial charge in [0, 0.05) is 12.1 Å². The minimum Gasteiger partial charge on any atom is -0.467 e. The molecule has 2 aromatic heterocycles. The molecule has 1 amide bonds. The predicted octanol–water partition coefficient (Wildman–Crippen LogP) is 4.82. The van der Waals surface area contributed by atoms with Gasteiger partial charge in [0.15, 0.2) is 11.0 Å². The summed E-state index contributed by atoms with van der Waals surface area (Å²) in [4.78, 5) is 12.5. The smallest absolute Gasteiger partial charge is 0.233 e. The topological polar surface area (TPSA) is 73.0 Å². The Hall–Kier alpha value is -2.80. The van der Waals surface area contributed by atoms with E-state index in [1.165, 1.54) is 17.3 Å². The summed E-state index contributed by atoms with van der Waals surface area (Å²) < 4.78 is 7.24. The number of furan rings is 1. The highest BCUT2D eigenvalue weighted by molar-refractivity contribution is 8.00. The average molecular weight is 425 g/mol. The molecule has 158 valence electrons. The van der Waals surface area contributed by atoms with E-state index in [9.17, 15) is 4.79 Å². The number of carbonyl (C=O) groups excluding carboxylic acids is 1. The normalized spacial score (nSPS) is 12.5. The van der Waals surface area contributed by atoms with Gasteiger partial charge in [-0.25, -0.2) is 0 Å². The fraction of sp³-hybridized carbons (Fsp3) is 0.348. The third-order valence-electron chi connectivity index (χ3n) is 4.71. The first-order valence-corrected chi connectivity index (χ1v) is 10.8. The zero-order chi connectivity index (χ0) is 21.7. The van der Waals surface area contributed by atoms with Gasteiger partial charge >= 0.3 is 0 Å². The Morgan fingerprint density at radius 3 is 2.60 bits per heavy atom. The lowest BCUT2D eigenvalue weighted by Gasteiger charge is -2.19. The lowest BCUT2D eigenvalue weighted by molar-refractivity contribution is -0.120. The van der Waals surface area contributed by atoms with Crippen molar-refractivity contribution in [3.63, 3.8) is 0 Å². The highest BCUT2D eigenvalue weighted by atomic mass is 32.2. The summed E-state index contributed by atoms with van der Waals surface area (Å²) in [5, 5.41) is 12.0. The molecule has 3 aromatic rings. The Morgan fingerprint density at radius 1 is 1.27 bits per heavy atom. The van der Waals surface area contributed by atoms with Crippen molar-refractivity contribution in [1.82, 2.24) is 20.1 Å². The molecule has 1 aromatic carbocycles. The largest absolute Gasteiger partial charge is 0.467 e. The number of aromatic nitrogens is 3. The number of amides is 1. The fourth-order valence-electron chi connectivity index (χ4n) is 2.95. The third kappa shape index (κ3) is 5.21. The van der Waals surface area contributed by atoms with Crippen LogP contribution in [0.1, 0.15) is 39.0 Å². The molecule has 0 bridgehead atoms. The van der Waals surface area contributed by atoms with Gasteiger partial charge in [-0.2, -0.15) is 0 Å². The number of carbonyl (C=O) groups is 1. The van der Waals surface area contributed by atoms with E-state index >= 15 is 0 Å². The molecule has 30 heavy (non-hydrogen) atoms. The Morgan fingerprint density at radius 2 is 2.00 bits per heavy atom. The molecule has 0 spiro atoms. The van der Waals surface area contributed by atoms with E-state index in [0.717, 1.165) is 17.1 Å². The molecule has 0 fully saturated rings. The van der Waals surface area contributed by atoms with Crippen molar-refractivity contribution in [1.29, 1.82) is 0 Å².